The average Bonchev–Trinajstić information content (AvgIpc) is 2.52. The van der Waals surface area contributed by atoms with Gasteiger partial charge < -0.3 is 14.6 Å². The zero-order valence-electron chi connectivity index (χ0n) is 11.7. The largest absolute Gasteiger partial charge is 0.504 e. The van der Waals surface area contributed by atoms with Gasteiger partial charge >= 0.3 is 5.97 Å². The Balaban J connectivity index is 2.02. The van der Waals surface area contributed by atoms with Crippen molar-refractivity contribution in [3.63, 3.8) is 0 Å². The van der Waals surface area contributed by atoms with Crippen LogP contribution in [0, 0.1) is 0 Å². The highest BCUT2D eigenvalue weighted by Gasteiger charge is 2.03. The predicted molar refractivity (Wildman–Crippen MR) is 79.9 cm³/mol. The lowest BCUT2D eigenvalue weighted by Crippen LogP contribution is -1.95. The van der Waals surface area contributed by atoms with E-state index in [1.165, 1.54) is 19.3 Å². The first-order chi connectivity index (χ1) is 10.2. The summed E-state index contributed by atoms with van der Waals surface area (Å²) in [5.74, 6) is -0.0223. The van der Waals surface area contributed by atoms with E-state index in [9.17, 15) is 9.90 Å². The molecule has 0 unspecified atom stereocenters. The third kappa shape index (κ3) is 4.38. The van der Waals surface area contributed by atoms with E-state index in [1.807, 2.05) is 30.3 Å². The molecule has 4 nitrogen and oxygen atoms in total. The van der Waals surface area contributed by atoms with Crippen molar-refractivity contribution in [1.82, 2.24) is 0 Å². The topological polar surface area (TPSA) is 55.8 Å². The van der Waals surface area contributed by atoms with Gasteiger partial charge in [0.25, 0.3) is 0 Å². The zero-order valence-corrected chi connectivity index (χ0v) is 11.7. The lowest BCUT2D eigenvalue weighted by atomic mass is 10.2. The van der Waals surface area contributed by atoms with Gasteiger partial charge in [-0.15, -0.1) is 0 Å². The number of rotatable bonds is 5. The quantitative estimate of drug-likeness (QED) is 0.677. The minimum Gasteiger partial charge on any atom is -0.504 e. The Labute approximate surface area is 123 Å². The van der Waals surface area contributed by atoms with Crippen LogP contribution in [0.4, 0.5) is 0 Å². The molecule has 0 amide bonds. The summed E-state index contributed by atoms with van der Waals surface area (Å²) in [6.45, 7) is 0.381. The number of hydrogen-bond acceptors (Lipinski definition) is 4. The molecule has 0 bridgehead atoms. The van der Waals surface area contributed by atoms with Crippen LogP contribution in [-0.2, 0) is 16.1 Å². The molecule has 0 aromatic heterocycles. The summed E-state index contributed by atoms with van der Waals surface area (Å²) in [5.41, 5.74) is 1.71. The van der Waals surface area contributed by atoms with E-state index in [4.69, 9.17) is 4.74 Å². The van der Waals surface area contributed by atoms with Crippen LogP contribution in [0.1, 0.15) is 11.1 Å². The van der Waals surface area contributed by atoms with Crippen LogP contribution in [-0.4, -0.2) is 18.2 Å². The molecule has 0 aliphatic carbocycles. The molecule has 21 heavy (non-hydrogen) atoms. The Hall–Kier alpha value is -2.75. The monoisotopic (exact) mass is 284 g/mol. The van der Waals surface area contributed by atoms with Crippen molar-refractivity contribution in [1.29, 1.82) is 0 Å². The second-order valence-corrected chi connectivity index (χ2v) is 4.36. The van der Waals surface area contributed by atoms with Gasteiger partial charge in [0, 0.05) is 6.08 Å². The molecule has 0 saturated heterocycles. The van der Waals surface area contributed by atoms with Gasteiger partial charge in [0.2, 0.25) is 0 Å². The standard InChI is InChI=1S/C17H16O4/c1-20-17(19)10-8-13-7-9-16(15(18)11-13)21-12-14-5-3-2-4-6-14/h2-11,18H,12H2,1H3/b10-8+. The van der Waals surface area contributed by atoms with Crippen LogP contribution < -0.4 is 4.74 Å². The molecule has 0 radical (unpaired) electrons. The van der Waals surface area contributed by atoms with Gasteiger partial charge in [-0.2, -0.15) is 0 Å². The molecule has 2 aromatic carbocycles. The van der Waals surface area contributed by atoms with E-state index < -0.39 is 5.97 Å². The third-order valence-electron chi connectivity index (χ3n) is 2.83. The molecule has 2 rings (SSSR count). The van der Waals surface area contributed by atoms with E-state index >= 15 is 0 Å². The first-order valence-electron chi connectivity index (χ1n) is 6.45. The van der Waals surface area contributed by atoms with E-state index in [1.54, 1.807) is 18.2 Å². The zero-order chi connectivity index (χ0) is 15.1. The van der Waals surface area contributed by atoms with Gasteiger partial charge in [0.1, 0.15) is 6.61 Å². The maximum absolute atomic E-state index is 11.0. The Bertz CT molecular complexity index is 632. The van der Waals surface area contributed by atoms with Crippen LogP contribution in [0.25, 0.3) is 6.08 Å². The maximum atomic E-state index is 11.0. The Morgan fingerprint density at radius 2 is 1.95 bits per heavy atom. The molecule has 0 aliphatic heterocycles. The number of benzene rings is 2. The van der Waals surface area contributed by atoms with Crippen molar-refractivity contribution in [3.05, 3.63) is 65.7 Å². The van der Waals surface area contributed by atoms with Gasteiger partial charge in [-0.25, -0.2) is 4.79 Å². The maximum Gasteiger partial charge on any atom is 0.330 e. The summed E-state index contributed by atoms with van der Waals surface area (Å²) in [7, 11) is 1.31. The van der Waals surface area contributed by atoms with Gasteiger partial charge in [-0.3, -0.25) is 0 Å². The van der Waals surface area contributed by atoms with Crippen LogP contribution >= 0.6 is 0 Å². The van der Waals surface area contributed by atoms with Crippen molar-refractivity contribution in [2.45, 2.75) is 6.61 Å². The number of phenols is 1. The second-order valence-electron chi connectivity index (χ2n) is 4.36. The first kappa shape index (κ1) is 14.7. The van der Waals surface area contributed by atoms with Crippen LogP contribution in [0.5, 0.6) is 11.5 Å². The molecule has 4 heteroatoms. The number of carbonyl (C=O) groups excluding carboxylic acids is 1. The summed E-state index contributed by atoms with van der Waals surface area (Å²) >= 11 is 0. The lowest BCUT2D eigenvalue weighted by molar-refractivity contribution is -0.134. The number of aromatic hydroxyl groups is 1. The lowest BCUT2D eigenvalue weighted by Gasteiger charge is -2.08. The number of methoxy groups -OCH3 is 1. The minimum absolute atomic E-state index is 0.0259. The smallest absolute Gasteiger partial charge is 0.330 e. The average molecular weight is 284 g/mol. The summed E-state index contributed by atoms with van der Waals surface area (Å²) < 4.78 is 10.1. The third-order valence-corrected chi connectivity index (χ3v) is 2.83. The molecule has 0 saturated carbocycles. The molecule has 108 valence electrons. The van der Waals surface area contributed by atoms with Gasteiger partial charge in [0.15, 0.2) is 11.5 Å². The number of esters is 1. The van der Waals surface area contributed by atoms with Crippen molar-refractivity contribution in [2.75, 3.05) is 7.11 Å². The van der Waals surface area contributed by atoms with Gasteiger partial charge in [0.05, 0.1) is 7.11 Å². The normalized spacial score (nSPS) is 10.5. The van der Waals surface area contributed by atoms with Gasteiger partial charge in [-0.1, -0.05) is 36.4 Å². The first-order valence-corrected chi connectivity index (χ1v) is 6.45. The molecule has 1 N–H and O–H groups in total. The fourth-order valence-electron chi connectivity index (χ4n) is 1.73. The number of ether oxygens (including phenoxy) is 2. The highest BCUT2D eigenvalue weighted by Crippen LogP contribution is 2.28. The van der Waals surface area contributed by atoms with E-state index in [0.717, 1.165) is 5.56 Å². The fraction of sp³-hybridized carbons (Fsp3) is 0.118. The second kappa shape index (κ2) is 7.14. The molecule has 0 spiro atoms. The van der Waals surface area contributed by atoms with Crippen molar-refractivity contribution in [2.24, 2.45) is 0 Å². The molecule has 2 aromatic rings. The summed E-state index contributed by atoms with van der Waals surface area (Å²) in [5, 5.41) is 9.92. The van der Waals surface area contributed by atoms with Crippen molar-refractivity contribution >= 4 is 12.0 Å². The number of phenolic OH excluding ortho intramolecular Hbond substituents is 1. The predicted octanol–water partition coefficient (Wildman–Crippen LogP) is 3.16. The molecule has 0 heterocycles. The number of hydrogen-bond donors (Lipinski definition) is 1. The van der Waals surface area contributed by atoms with Gasteiger partial charge in [-0.05, 0) is 29.3 Å². The van der Waals surface area contributed by atoms with Crippen LogP contribution in [0.15, 0.2) is 54.6 Å². The van der Waals surface area contributed by atoms with E-state index in [2.05, 4.69) is 4.74 Å². The highest BCUT2D eigenvalue weighted by molar-refractivity contribution is 5.87. The van der Waals surface area contributed by atoms with Crippen molar-refractivity contribution in [3.8, 4) is 11.5 Å². The molecule has 0 fully saturated rings. The number of carbonyl (C=O) groups is 1. The van der Waals surface area contributed by atoms with E-state index in [-0.39, 0.29) is 5.75 Å². The van der Waals surface area contributed by atoms with Crippen LogP contribution in [0.3, 0.4) is 0 Å². The Morgan fingerprint density at radius 1 is 1.19 bits per heavy atom. The van der Waals surface area contributed by atoms with E-state index in [0.29, 0.717) is 17.9 Å². The molecular weight excluding hydrogens is 268 g/mol. The molecule has 0 atom stereocenters. The summed E-state index contributed by atoms with van der Waals surface area (Å²) in [6.07, 6.45) is 2.85. The molecular formula is C17H16O4. The Kier molecular flexibility index (Phi) is 4.99. The minimum atomic E-state index is -0.445. The summed E-state index contributed by atoms with van der Waals surface area (Å²) in [6, 6.07) is 14.6. The van der Waals surface area contributed by atoms with Crippen LogP contribution in [0.2, 0.25) is 0 Å². The summed E-state index contributed by atoms with van der Waals surface area (Å²) in [4.78, 5) is 11.0. The molecule has 0 aliphatic rings. The fourth-order valence-corrected chi connectivity index (χ4v) is 1.73. The van der Waals surface area contributed by atoms with Crippen molar-refractivity contribution < 1.29 is 19.4 Å². The Morgan fingerprint density at radius 3 is 2.62 bits per heavy atom. The SMILES string of the molecule is COC(=O)/C=C/c1ccc(OCc2ccccc2)c(O)c1. The highest BCUT2D eigenvalue weighted by atomic mass is 16.5.